The van der Waals surface area contributed by atoms with Crippen LogP contribution in [-0.4, -0.2) is 41.8 Å². The molecule has 1 aromatic carbocycles. The molecule has 4 heteroatoms. The predicted molar refractivity (Wildman–Crippen MR) is 79.5 cm³/mol. The van der Waals surface area contributed by atoms with Crippen LogP contribution < -0.4 is 5.32 Å². The molecule has 110 valence electrons. The zero-order chi connectivity index (χ0) is 14.4. The number of rotatable bonds is 4. The van der Waals surface area contributed by atoms with Gasteiger partial charge in [0, 0.05) is 13.1 Å². The molecule has 2 N–H and O–H groups in total. The second kappa shape index (κ2) is 7.29. The van der Waals surface area contributed by atoms with E-state index in [0.29, 0.717) is 12.3 Å². The lowest BCUT2D eigenvalue weighted by molar-refractivity contribution is 0.158. The van der Waals surface area contributed by atoms with E-state index in [1.165, 1.54) is 6.42 Å². The van der Waals surface area contributed by atoms with E-state index in [1.54, 1.807) is 0 Å². The number of piperidine rings is 1. The first kappa shape index (κ1) is 14.9. The molecular weight excluding hydrogens is 252 g/mol. The summed E-state index contributed by atoms with van der Waals surface area (Å²) in [6, 6.07) is 9.66. The van der Waals surface area contributed by atoms with Crippen LogP contribution >= 0.6 is 0 Å². The number of hydrogen-bond acceptors (Lipinski definition) is 2. The second-order valence-electron chi connectivity index (χ2n) is 5.71. The Morgan fingerprint density at radius 1 is 1.45 bits per heavy atom. The topological polar surface area (TPSA) is 52.6 Å². The van der Waals surface area contributed by atoms with Crippen molar-refractivity contribution in [1.29, 1.82) is 0 Å². The molecule has 2 amide bonds. The van der Waals surface area contributed by atoms with Crippen LogP contribution in [0.5, 0.6) is 0 Å². The van der Waals surface area contributed by atoms with Crippen molar-refractivity contribution in [3.8, 4) is 0 Å². The lowest BCUT2D eigenvalue weighted by atomic mass is 10.0. The first-order chi connectivity index (χ1) is 9.69. The highest BCUT2D eigenvalue weighted by atomic mass is 16.3. The van der Waals surface area contributed by atoms with Gasteiger partial charge in [-0.25, -0.2) is 4.79 Å². The van der Waals surface area contributed by atoms with E-state index < -0.39 is 0 Å². The molecule has 1 heterocycles. The molecular formula is C16H24N2O2. The van der Waals surface area contributed by atoms with Crippen molar-refractivity contribution in [2.45, 2.75) is 32.2 Å². The third-order valence-electron chi connectivity index (χ3n) is 3.82. The van der Waals surface area contributed by atoms with Gasteiger partial charge >= 0.3 is 6.03 Å². The van der Waals surface area contributed by atoms with Crippen LogP contribution in [-0.2, 0) is 6.42 Å². The van der Waals surface area contributed by atoms with Crippen LogP contribution in [0.2, 0.25) is 0 Å². The van der Waals surface area contributed by atoms with Crippen molar-refractivity contribution in [2.24, 2.45) is 5.92 Å². The highest BCUT2D eigenvalue weighted by Crippen LogP contribution is 2.15. The molecule has 1 aliphatic heterocycles. The van der Waals surface area contributed by atoms with Gasteiger partial charge in [-0.15, -0.1) is 0 Å². The summed E-state index contributed by atoms with van der Waals surface area (Å²) >= 11 is 0. The summed E-state index contributed by atoms with van der Waals surface area (Å²) in [5, 5.41) is 12.4. The summed E-state index contributed by atoms with van der Waals surface area (Å²) in [6.07, 6.45) is 2.92. The average Bonchev–Trinajstić information content (AvgIpc) is 2.47. The molecule has 2 rings (SSSR count). The fourth-order valence-corrected chi connectivity index (χ4v) is 2.70. The Kier molecular flexibility index (Phi) is 5.41. The smallest absolute Gasteiger partial charge is 0.317 e. The summed E-state index contributed by atoms with van der Waals surface area (Å²) in [5.41, 5.74) is 1.12. The summed E-state index contributed by atoms with van der Waals surface area (Å²) < 4.78 is 0. The fourth-order valence-electron chi connectivity index (χ4n) is 2.70. The minimum atomic E-state index is -0.220. The molecule has 1 unspecified atom stereocenters. The van der Waals surface area contributed by atoms with E-state index in [9.17, 15) is 9.90 Å². The van der Waals surface area contributed by atoms with E-state index in [0.717, 1.165) is 25.1 Å². The van der Waals surface area contributed by atoms with E-state index in [2.05, 4.69) is 12.2 Å². The van der Waals surface area contributed by atoms with Crippen molar-refractivity contribution in [2.75, 3.05) is 19.7 Å². The van der Waals surface area contributed by atoms with E-state index >= 15 is 0 Å². The molecule has 0 bridgehead atoms. The van der Waals surface area contributed by atoms with Crippen LogP contribution in [0, 0.1) is 5.92 Å². The molecule has 0 saturated carbocycles. The number of likely N-dealkylation sites (tertiary alicyclic amines) is 1. The van der Waals surface area contributed by atoms with Crippen LogP contribution in [0.4, 0.5) is 4.79 Å². The summed E-state index contributed by atoms with van der Waals surface area (Å²) in [6.45, 7) is 3.77. The summed E-state index contributed by atoms with van der Waals surface area (Å²) in [7, 11) is 0. The average molecular weight is 276 g/mol. The number of amides is 2. The zero-order valence-electron chi connectivity index (χ0n) is 12.1. The number of carbonyl (C=O) groups excluding carboxylic acids is 1. The SMILES string of the molecule is CC1CCCN(C(=O)N[C@H](CO)Cc2ccccc2)C1. The van der Waals surface area contributed by atoms with E-state index in [-0.39, 0.29) is 18.7 Å². The van der Waals surface area contributed by atoms with E-state index in [1.807, 2.05) is 35.2 Å². The Balaban J connectivity index is 1.87. The minimum Gasteiger partial charge on any atom is -0.394 e. The molecule has 20 heavy (non-hydrogen) atoms. The maximum atomic E-state index is 12.2. The molecule has 4 nitrogen and oxygen atoms in total. The fraction of sp³-hybridized carbons (Fsp3) is 0.562. The third kappa shape index (κ3) is 4.23. The summed E-state index contributed by atoms with van der Waals surface area (Å²) in [5.74, 6) is 0.566. The quantitative estimate of drug-likeness (QED) is 0.884. The first-order valence-corrected chi connectivity index (χ1v) is 7.39. The van der Waals surface area contributed by atoms with Crippen molar-refractivity contribution in [1.82, 2.24) is 10.2 Å². The third-order valence-corrected chi connectivity index (χ3v) is 3.82. The molecule has 1 fully saturated rings. The summed E-state index contributed by atoms with van der Waals surface area (Å²) in [4.78, 5) is 14.1. The number of hydrogen-bond donors (Lipinski definition) is 2. The van der Waals surface area contributed by atoms with Crippen molar-refractivity contribution >= 4 is 6.03 Å². The van der Waals surface area contributed by atoms with E-state index in [4.69, 9.17) is 0 Å². The highest BCUT2D eigenvalue weighted by Gasteiger charge is 2.22. The van der Waals surface area contributed by atoms with Crippen LogP contribution in [0.25, 0.3) is 0 Å². The van der Waals surface area contributed by atoms with Crippen LogP contribution in [0.1, 0.15) is 25.3 Å². The lowest BCUT2D eigenvalue weighted by Crippen LogP contribution is -2.49. The number of urea groups is 1. The number of nitrogens with zero attached hydrogens (tertiary/aromatic N) is 1. The number of nitrogens with one attached hydrogen (secondary N) is 1. The predicted octanol–water partition coefficient (Wildman–Crippen LogP) is 2.03. The van der Waals surface area contributed by atoms with Gasteiger partial charge in [0.2, 0.25) is 0 Å². The first-order valence-electron chi connectivity index (χ1n) is 7.39. The van der Waals surface area contributed by atoms with Crippen LogP contribution in [0.3, 0.4) is 0 Å². The lowest BCUT2D eigenvalue weighted by Gasteiger charge is -2.32. The molecule has 1 aromatic rings. The molecule has 0 aliphatic carbocycles. The number of benzene rings is 1. The Labute approximate surface area is 120 Å². The molecule has 2 atom stereocenters. The van der Waals surface area contributed by atoms with Gasteiger partial charge in [-0.2, -0.15) is 0 Å². The standard InChI is InChI=1S/C16H24N2O2/c1-13-6-5-9-18(11-13)16(20)17-15(12-19)10-14-7-3-2-4-8-14/h2-4,7-8,13,15,19H,5-6,9-12H2,1H3,(H,17,20)/t13?,15-/m0/s1. The van der Waals surface area contributed by atoms with Crippen molar-refractivity contribution in [3.63, 3.8) is 0 Å². The second-order valence-corrected chi connectivity index (χ2v) is 5.71. The maximum absolute atomic E-state index is 12.2. The van der Waals surface area contributed by atoms with Gasteiger partial charge in [0.15, 0.2) is 0 Å². The van der Waals surface area contributed by atoms with Crippen molar-refractivity contribution in [3.05, 3.63) is 35.9 Å². The van der Waals surface area contributed by atoms with Gasteiger partial charge < -0.3 is 15.3 Å². The molecule has 1 saturated heterocycles. The largest absolute Gasteiger partial charge is 0.394 e. The minimum absolute atomic E-state index is 0.0377. The van der Waals surface area contributed by atoms with Crippen LogP contribution in [0.15, 0.2) is 30.3 Å². The van der Waals surface area contributed by atoms with Gasteiger partial charge in [0.25, 0.3) is 0 Å². The monoisotopic (exact) mass is 276 g/mol. The Morgan fingerprint density at radius 3 is 2.85 bits per heavy atom. The molecule has 0 radical (unpaired) electrons. The zero-order valence-corrected chi connectivity index (χ0v) is 12.1. The van der Waals surface area contributed by atoms with Gasteiger partial charge in [0.1, 0.15) is 0 Å². The van der Waals surface area contributed by atoms with Crippen molar-refractivity contribution < 1.29 is 9.90 Å². The van der Waals surface area contributed by atoms with Gasteiger partial charge in [-0.1, -0.05) is 37.3 Å². The van der Waals surface area contributed by atoms with Gasteiger partial charge in [-0.3, -0.25) is 0 Å². The normalized spacial score (nSPS) is 20.5. The van der Waals surface area contributed by atoms with Gasteiger partial charge in [0.05, 0.1) is 12.6 Å². The Morgan fingerprint density at radius 2 is 2.20 bits per heavy atom. The number of aliphatic hydroxyl groups excluding tert-OH is 1. The van der Waals surface area contributed by atoms with Gasteiger partial charge in [-0.05, 0) is 30.7 Å². The highest BCUT2D eigenvalue weighted by molar-refractivity contribution is 5.74. The molecule has 0 aromatic heterocycles. The number of carbonyl (C=O) groups is 1. The molecule has 0 spiro atoms. The number of aliphatic hydroxyl groups is 1. The Bertz CT molecular complexity index is 422. The Hall–Kier alpha value is -1.55. The maximum Gasteiger partial charge on any atom is 0.317 e. The molecule has 1 aliphatic rings.